The minimum absolute atomic E-state index is 0.149. The maximum atomic E-state index is 12.8. The lowest BCUT2D eigenvalue weighted by atomic mass is 9.66. The van der Waals surface area contributed by atoms with E-state index in [9.17, 15) is 10.1 Å². The number of rotatable bonds is 12. The van der Waals surface area contributed by atoms with Crippen molar-refractivity contribution < 1.29 is 4.79 Å². The smallest absolute Gasteiger partial charge is 0.162 e. The maximum absolute atomic E-state index is 12.8. The zero-order chi connectivity index (χ0) is 23.5. The van der Waals surface area contributed by atoms with Gasteiger partial charge in [-0.2, -0.15) is 5.26 Å². The minimum Gasteiger partial charge on any atom is -0.294 e. The summed E-state index contributed by atoms with van der Waals surface area (Å²) in [7, 11) is 0. The molecule has 2 nitrogen and oxygen atoms in total. The summed E-state index contributed by atoms with van der Waals surface area (Å²) in [6.07, 6.45) is 14.0. The van der Waals surface area contributed by atoms with E-state index in [-0.39, 0.29) is 11.2 Å². The predicted molar refractivity (Wildman–Crippen MR) is 138 cm³/mol. The second kappa shape index (κ2) is 12.7. The molecule has 0 bridgehead atoms. The van der Waals surface area contributed by atoms with Crippen molar-refractivity contribution in [3.63, 3.8) is 0 Å². The van der Waals surface area contributed by atoms with E-state index in [1.807, 2.05) is 12.1 Å². The molecular weight excluding hydrogens is 402 g/mol. The molecule has 0 heterocycles. The van der Waals surface area contributed by atoms with Crippen molar-refractivity contribution in [2.45, 2.75) is 103 Å². The van der Waals surface area contributed by atoms with Crippen LogP contribution >= 0.6 is 0 Å². The van der Waals surface area contributed by atoms with Gasteiger partial charge in [0.1, 0.15) is 0 Å². The van der Waals surface area contributed by atoms with Crippen molar-refractivity contribution in [1.29, 1.82) is 5.26 Å². The Morgan fingerprint density at radius 1 is 0.939 bits per heavy atom. The van der Waals surface area contributed by atoms with Crippen LogP contribution in [-0.2, 0) is 0 Å². The number of Topliss-reactive ketones (excluding diaryl/α,β-unsaturated/α-hetero) is 1. The van der Waals surface area contributed by atoms with Gasteiger partial charge in [0, 0.05) is 12.0 Å². The Kier molecular flexibility index (Phi) is 9.74. The summed E-state index contributed by atoms with van der Waals surface area (Å²) in [6.45, 7) is 4.37. The van der Waals surface area contributed by atoms with Crippen molar-refractivity contribution in [1.82, 2.24) is 0 Å². The van der Waals surface area contributed by atoms with Gasteiger partial charge in [-0.25, -0.2) is 0 Å². The number of unbranched alkanes of at least 4 members (excludes halogenated alkanes) is 5. The minimum atomic E-state index is -0.149. The molecule has 33 heavy (non-hydrogen) atoms. The molecule has 0 aromatic heterocycles. The van der Waals surface area contributed by atoms with Crippen LogP contribution in [0.4, 0.5) is 0 Å². The van der Waals surface area contributed by atoms with Crippen LogP contribution < -0.4 is 0 Å². The number of carbonyl (C=O) groups is 1. The van der Waals surface area contributed by atoms with E-state index in [0.717, 1.165) is 50.5 Å². The summed E-state index contributed by atoms with van der Waals surface area (Å²) in [5.74, 6) is 0.674. The average Bonchev–Trinajstić information content (AvgIpc) is 2.87. The SMILES string of the molecule is CCCCCCCC1(C#N)CCC(c2cc(C(=O)CCCC)ccc2-c2ccccc2)CC1. The number of nitrogens with zero attached hydrogens (tertiary/aromatic N) is 1. The molecule has 0 radical (unpaired) electrons. The van der Waals surface area contributed by atoms with Crippen LogP contribution in [-0.4, -0.2) is 5.78 Å². The first-order valence-electron chi connectivity index (χ1n) is 13.3. The van der Waals surface area contributed by atoms with E-state index in [0.29, 0.717) is 12.3 Å². The van der Waals surface area contributed by atoms with E-state index in [1.54, 1.807) is 0 Å². The lowest BCUT2D eigenvalue weighted by molar-refractivity contribution is 0.0979. The first-order valence-corrected chi connectivity index (χ1v) is 13.3. The summed E-state index contributed by atoms with van der Waals surface area (Å²) in [5, 5.41) is 10.0. The van der Waals surface area contributed by atoms with E-state index >= 15 is 0 Å². The Balaban J connectivity index is 1.78. The summed E-state index contributed by atoms with van der Waals surface area (Å²) in [6, 6.07) is 19.6. The Morgan fingerprint density at radius 2 is 1.64 bits per heavy atom. The quantitative estimate of drug-likeness (QED) is 0.242. The normalized spacial score (nSPS) is 20.3. The number of hydrogen-bond acceptors (Lipinski definition) is 2. The molecule has 0 aliphatic heterocycles. The van der Waals surface area contributed by atoms with Crippen molar-refractivity contribution in [3.05, 3.63) is 59.7 Å². The maximum Gasteiger partial charge on any atom is 0.162 e. The van der Waals surface area contributed by atoms with E-state index in [1.165, 1.54) is 48.8 Å². The van der Waals surface area contributed by atoms with Gasteiger partial charge in [-0.15, -0.1) is 0 Å². The van der Waals surface area contributed by atoms with E-state index < -0.39 is 0 Å². The molecule has 0 saturated heterocycles. The van der Waals surface area contributed by atoms with Gasteiger partial charge in [-0.1, -0.05) is 94.8 Å². The van der Waals surface area contributed by atoms with Gasteiger partial charge >= 0.3 is 0 Å². The zero-order valence-corrected chi connectivity index (χ0v) is 20.7. The highest BCUT2D eigenvalue weighted by molar-refractivity contribution is 5.97. The monoisotopic (exact) mass is 443 g/mol. The van der Waals surface area contributed by atoms with Crippen LogP contribution in [0.5, 0.6) is 0 Å². The third-order valence-electron chi connectivity index (χ3n) is 7.59. The Bertz CT molecular complexity index is 916. The molecule has 0 amide bonds. The van der Waals surface area contributed by atoms with Crippen LogP contribution in [0.15, 0.2) is 48.5 Å². The number of nitriles is 1. The van der Waals surface area contributed by atoms with Gasteiger partial charge in [0.2, 0.25) is 0 Å². The summed E-state index contributed by atoms with van der Waals surface area (Å²) >= 11 is 0. The third-order valence-corrected chi connectivity index (χ3v) is 7.59. The third kappa shape index (κ3) is 6.80. The molecule has 2 aromatic rings. The lowest BCUT2D eigenvalue weighted by Gasteiger charge is -2.36. The predicted octanol–water partition coefficient (Wildman–Crippen LogP) is 9.25. The molecule has 1 aliphatic carbocycles. The van der Waals surface area contributed by atoms with Gasteiger partial charge < -0.3 is 0 Å². The number of ketones is 1. The molecule has 0 N–H and O–H groups in total. The molecule has 1 aliphatic rings. The van der Waals surface area contributed by atoms with Crippen LogP contribution in [0.1, 0.15) is 119 Å². The first-order chi connectivity index (χ1) is 16.1. The highest BCUT2D eigenvalue weighted by Crippen LogP contribution is 2.47. The average molecular weight is 444 g/mol. The fourth-order valence-electron chi connectivity index (χ4n) is 5.40. The van der Waals surface area contributed by atoms with Crippen LogP contribution in [0, 0.1) is 16.7 Å². The topological polar surface area (TPSA) is 40.9 Å². The number of carbonyl (C=O) groups excluding carboxylic acids is 1. The van der Waals surface area contributed by atoms with Gasteiger partial charge in [-0.05, 0) is 67.2 Å². The number of benzene rings is 2. The molecular formula is C31H41NO. The Labute approximate surface area is 201 Å². The van der Waals surface area contributed by atoms with E-state index in [2.05, 4.69) is 56.3 Å². The second-order valence-corrected chi connectivity index (χ2v) is 10.0. The summed E-state index contributed by atoms with van der Waals surface area (Å²) in [5.41, 5.74) is 4.47. The van der Waals surface area contributed by atoms with Gasteiger partial charge in [0.05, 0.1) is 11.5 Å². The Hall–Kier alpha value is -2.40. The molecule has 2 aromatic carbocycles. The molecule has 176 valence electrons. The van der Waals surface area contributed by atoms with Crippen molar-refractivity contribution in [2.75, 3.05) is 0 Å². The van der Waals surface area contributed by atoms with Gasteiger partial charge in [0.25, 0.3) is 0 Å². The van der Waals surface area contributed by atoms with Gasteiger partial charge in [0.15, 0.2) is 5.78 Å². The summed E-state index contributed by atoms with van der Waals surface area (Å²) < 4.78 is 0. The highest BCUT2D eigenvalue weighted by Gasteiger charge is 2.36. The zero-order valence-electron chi connectivity index (χ0n) is 20.7. The Morgan fingerprint density at radius 3 is 2.30 bits per heavy atom. The highest BCUT2D eigenvalue weighted by atomic mass is 16.1. The molecule has 3 rings (SSSR count). The second-order valence-electron chi connectivity index (χ2n) is 10.0. The molecule has 1 saturated carbocycles. The summed E-state index contributed by atoms with van der Waals surface area (Å²) in [4.78, 5) is 12.8. The van der Waals surface area contributed by atoms with Crippen molar-refractivity contribution in [3.8, 4) is 17.2 Å². The molecule has 0 unspecified atom stereocenters. The van der Waals surface area contributed by atoms with Crippen LogP contribution in [0.2, 0.25) is 0 Å². The van der Waals surface area contributed by atoms with Gasteiger partial charge in [-0.3, -0.25) is 4.79 Å². The van der Waals surface area contributed by atoms with Crippen molar-refractivity contribution in [2.24, 2.45) is 5.41 Å². The fraction of sp³-hybridized carbons (Fsp3) is 0.548. The fourth-order valence-corrected chi connectivity index (χ4v) is 5.40. The first kappa shape index (κ1) is 25.2. The molecule has 0 spiro atoms. The lowest BCUT2D eigenvalue weighted by Crippen LogP contribution is -2.25. The number of hydrogen-bond donors (Lipinski definition) is 0. The standard InChI is InChI=1S/C31H41NO/c1-3-5-7-8-12-20-31(24-32)21-18-26(19-22-31)29-23-27(30(33)15-6-4-2)16-17-28(29)25-13-10-9-11-14-25/h9-11,13-14,16-17,23,26H,3-8,12,15,18-22H2,1-2H3. The molecule has 2 heteroatoms. The van der Waals surface area contributed by atoms with Crippen LogP contribution in [0.25, 0.3) is 11.1 Å². The molecule has 0 atom stereocenters. The van der Waals surface area contributed by atoms with Crippen molar-refractivity contribution >= 4 is 5.78 Å². The largest absolute Gasteiger partial charge is 0.294 e. The molecule has 1 fully saturated rings. The van der Waals surface area contributed by atoms with E-state index in [4.69, 9.17) is 0 Å². The van der Waals surface area contributed by atoms with Crippen LogP contribution in [0.3, 0.4) is 0 Å².